The molecule has 0 aliphatic rings. The van der Waals surface area contributed by atoms with E-state index in [-0.39, 0.29) is 0 Å². The van der Waals surface area contributed by atoms with Crippen LogP contribution in [-0.2, 0) is 0 Å². The molecule has 1 rings (SSSR count). The summed E-state index contributed by atoms with van der Waals surface area (Å²) in [7, 11) is 0. The van der Waals surface area contributed by atoms with Gasteiger partial charge in [0.2, 0.25) is 0 Å². The maximum atomic E-state index is 5.35. The maximum absolute atomic E-state index is 5.35. The Hall–Kier alpha value is -0.0200. The molecule has 60 valence electrons. The van der Waals surface area contributed by atoms with Gasteiger partial charge in [0.25, 0.3) is 0 Å². The zero-order chi connectivity index (χ0) is 8.43. The summed E-state index contributed by atoms with van der Waals surface area (Å²) in [5, 5.41) is 0.744. The van der Waals surface area contributed by atoms with E-state index in [1.807, 2.05) is 13.0 Å². The number of aryl methyl sites for hydroxylation is 1. The van der Waals surface area contributed by atoms with Gasteiger partial charge in [0.1, 0.15) is 5.76 Å². The van der Waals surface area contributed by atoms with E-state index in [4.69, 9.17) is 4.42 Å². The van der Waals surface area contributed by atoms with Crippen molar-refractivity contribution in [2.24, 2.45) is 0 Å². The minimum Gasteiger partial charge on any atom is -0.449 e. The fraction of sp³-hybridized carbons (Fsp3) is 0.250. The second-order valence-corrected chi connectivity index (χ2v) is 3.64. The molecule has 0 aliphatic heterocycles. The molecular formula is C8H8Br2O. The minimum atomic E-state index is 0.744. The van der Waals surface area contributed by atoms with Gasteiger partial charge >= 0.3 is 0 Å². The van der Waals surface area contributed by atoms with Gasteiger partial charge in [-0.3, -0.25) is 0 Å². The van der Waals surface area contributed by atoms with E-state index in [1.54, 1.807) is 0 Å². The SMILES string of the molecule is C=C(CBr)c1oc(Br)cc1C. The molecule has 0 radical (unpaired) electrons. The van der Waals surface area contributed by atoms with Crippen molar-refractivity contribution in [3.63, 3.8) is 0 Å². The van der Waals surface area contributed by atoms with Crippen molar-refractivity contribution in [3.8, 4) is 0 Å². The molecule has 3 heteroatoms. The molecule has 0 spiro atoms. The highest BCUT2D eigenvalue weighted by Gasteiger charge is 2.07. The Morgan fingerprint density at radius 3 is 2.73 bits per heavy atom. The van der Waals surface area contributed by atoms with Crippen LogP contribution in [0.4, 0.5) is 0 Å². The summed E-state index contributed by atoms with van der Waals surface area (Å²) < 4.78 is 6.11. The Morgan fingerprint density at radius 2 is 2.36 bits per heavy atom. The Morgan fingerprint density at radius 1 is 1.73 bits per heavy atom. The maximum Gasteiger partial charge on any atom is 0.170 e. The van der Waals surface area contributed by atoms with Gasteiger partial charge in [0.05, 0.1) is 0 Å². The molecule has 0 bridgehead atoms. The number of hydrogen-bond acceptors (Lipinski definition) is 1. The van der Waals surface area contributed by atoms with E-state index in [2.05, 4.69) is 38.4 Å². The smallest absolute Gasteiger partial charge is 0.170 e. The third-order valence-corrected chi connectivity index (χ3v) is 2.44. The van der Waals surface area contributed by atoms with Crippen molar-refractivity contribution < 1.29 is 4.42 Å². The Labute approximate surface area is 82.7 Å². The average molecular weight is 280 g/mol. The van der Waals surface area contributed by atoms with E-state index < -0.39 is 0 Å². The molecule has 11 heavy (non-hydrogen) atoms. The number of rotatable bonds is 2. The van der Waals surface area contributed by atoms with Crippen LogP contribution in [0.1, 0.15) is 11.3 Å². The summed E-state index contributed by atoms with van der Waals surface area (Å²) in [5.74, 6) is 0.869. The molecule has 1 aromatic rings. The molecule has 0 aromatic carbocycles. The van der Waals surface area contributed by atoms with Gasteiger partial charge in [-0.05, 0) is 40.1 Å². The third kappa shape index (κ3) is 1.97. The number of halogens is 2. The first-order valence-electron chi connectivity index (χ1n) is 3.15. The molecule has 0 atom stereocenters. The lowest BCUT2D eigenvalue weighted by Gasteiger charge is -1.96. The first-order chi connectivity index (χ1) is 5.15. The highest BCUT2D eigenvalue weighted by atomic mass is 79.9. The van der Waals surface area contributed by atoms with Crippen LogP contribution in [0.15, 0.2) is 21.7 Å². The predicted molar refractivity (Wildman–Crippen MR) is 54.0 cm³/mol. The van der Waals surface area contributed by atoms with E-state index >= 15 is 0 Å². The molecule has 0 fully saturated rings. The van der Waals surface area contributed by atoms with Crippen LogP contribution in [0.5, 0.6) is 0 Å². The van der Waals surface area contributed by atoms with E-state index in [9.17, 15) is 0 Å². The summed E-state index contributed by atoms with van der Waals surface area (Å²) in [5.41, 5.74) is 2.08. The van der Waals surface area contributed by atoms with Gasteiger partial charge in [-0.25, -0.2) is 0 Å². The van der Waals surface area contributed by atoms with Crippen LogP contribution >= 0.6 is 31.9 Å². The topological polar surface area (TPSA) is 13.1 Å². The Balaban J connectivity index is 3.03. The molecule has 1 nitrogen and oxygen atoms in total. The molecule has 0 aliphatic carbocycles. The summed E-state index contributed by atoms with van der Waals surface area (Å²) in [6.07, 6.45) is 0. The summed E-state index contributed by atoms with van der Waals surface area (Å²) in [6.45, 7) is 5.85. The number of allylic oxidation sites excluding steroid dienone is 1. The highest BCUT2D eigenvalue weighted by molar-refractivity contribution is 9.10. The Kier molecular flexibility index (Phi) is 2.96. The number of alkyl halides is 1. The summed E-state index contributed by atoms with van der Waals surface area (Å²) in [6, 6.07) is 1.93. The van der Waals surface area contributed by atoms with Gasteiger partial charge in [-0.2, -0.15) is 0 Å². The van der Waals surface area contributed by atoms with Crippen LogP contribution < -0.4 is 0 Å². The fourth-order valence-electron chi connectivity index (χ4n) is 0.855. The lowest BCUT2D eigenvalue weighted by atomic mass is 10.2. The highest BCUT2D eigenvalue weighted by Crippen LogP contribution is 2.25. The Bertz CT molecular complexity index is 276. The zero-order valence-corrected chi connectivity index (χ0v) is 9.33. The van der Waals surface area contributed by atoms with Crippen LogP contribution in [0, 0.1) is 6.92 Å². The molecular weight excluding hydrogens is 272 g/mol. The van der Waals surface area contributed by atoms with E-state index in [0.29, 0.717) is 0 Å². The molecule has 1 heterocycles. The molecule has 0 unspecified atom stereocenters. The molecule has 0 saturated heterocycles. The molecule has 0 N–H and O–H groups in total. The normalized spacial score (nSPS) is 10.1. The largest absolute Gasteiger partial charge is 0.449 e. The van der Waals surface area contributed by atoms with Crippen LogP contribution in [-0.4, -0.2) is 5.33 Å². The van der Waals surface area contributed by atoms with Crippen molar-refractivity contribution in [3.05, 3.63) is 28.6 Å². The molecule has 0 saturated carbocycles. The van der Waals surface area contributed by atoms with Gasteiger partial charge in [-0.15, -0.1) is 0 Å². The standard InChI is InChI=1S/C8H8Br2O/c1-5-3-7(10)11-8(5)6(2)4-9/h3H,2,4H2,1H3. The molecule has 1 aromatic heterocycles. The van der Waals surface area contributed by atoms with Gasteiger partial charge in [0.15, 0.2) is 4.67 Å². The molecule has 0 amide bonds. The summed E-state index contributed by atoms with van der Waals surface area (Å²) >= 11 is 6.58. The second kappa shape index (κ2) is 3.59. The number of hydrogen-bond donors (Lipinski definition) is 0. The van der Waals surface area contributed by atoms with Crippen molar-refractivity contribution >= 4 is 37.4 Å². The van der Waals surface area contributed by atoms with Crippen LogP contribution in [0.2, 0.25) is 0 Å². The zero-order valence-electron chi connectivity index (χ0n) is 6.16. The van der Waals surface area contributed by atoms with E-state index in [0.717, 1.165) is 26.9 Å². The fourth-order valence-corrected chi connectivity index (χ4v) is 1.61. The van der Waals surface area contributed by atoms with Crippen molar-refractivity contribution in [2.75, 3.05) is 5.33 Å². The van der Waals surface area contributed by atoms with Crippen LogP contribution in [0.25, 0.3) is 5.57 Å². The monoisotopic (exact) mass is 278 g/mol. The first kappa shape index (κ1) is 9.07. The van der Waals surface area contributed by atoms with Crippen LogP contribution in [0.3, 0.4) is 0 Å². The quantitative estimate of drug-likeness (QED) is 0.752. The minimum absolute atomic E-state index is 0.744. The predicted octanol–water partition coefficient (Wildman–Crippen LogP) is 3.76. The summed E-state index contributed by atoms with van der Waals surface area (Å²) in [4.78, 5) is 0. The van der Waals surface area contributed by atoms with Gasteiger partial charge in [-0.1, -0.05) is 22.5 Å². The van der Waals surface area contributed by atoms with Crippen molar-refractivity contribution in [1.82, 2.24) is 0 Å². The van der Waals surface area contributed by atoms with E-state index in [1.165, 1.54) is 0 Å². The van der Waals surface area contributed by atoms with Gasteiger partial charge < -0.3 is 4.42 Å². The van der Waals surface area contributed by atoms with Gasteiger partial charge in [0, 0.05) is 5.33 Å². The first-order valence-corrected chi connectivity index (χ1v) is 5.06. The van der Waals surface area contributed by atoms with Crippen molar-refractivity contribution in [2.45, 2.75) is 6.92 Å². The number of furan rings is 1. The van der Waals surface area contributed by atoms with Crippen molar-refractivity contribution in [1.29, 1.82) is 0 Å². The second-order valence-electron chi connectivity index (χ2n) is 2.30. The lowest BCUT2D eigenvalue weighted by molar-refractivity contribution is 0.526. The lowest BCUT2D eigenvalue weighted by Crippen LogP contribution is -1.81. The third-order valence-electron chi connectivity index (χ3n) is 1.37. The average Bonchev–Trinajstić information content (AvgIpc) is 2.28.